The van der Waals surface area contributed by atoms with E-state index in [-0.39, 0.29) is 5.57 Å². The van der Waals surface area contributed by atoms with Crippen LogP contribution < -0.4 is 4.74 Å². The molecule has 0 saturated heterocycles. The van der Waals surface area contributed by atoms with Gasteiger partial charge in [0.15, 0.2) is 0 Å². The maximum absolute atomic E-state index is 11.6. The van der Waals surface area contributed by atoms with E-state index in [4.69, 9.17) is 4.74 Å². The quantitative estimate of drug-likeness (QED) is 0.659. The molecular formula is C17H15BrO3. The van der Waals surface area contributed by atoms with Gasteiger partial charge < -0.3 is 9.84 Å². The molecule has 0 saturated carbocycles. The van der Waals surface area contributed by atoms with Gasteiger partial charge in [0.05, 0.1) is 12.7 Å². The molecule has 4 heteroatoms. The smallest absolute Gasteiger partial charge is 0.336 e. The molecule has 3 nitrogen and oxygen atoms in total. The number of carbonyl (C=O) groups is 1. The Morgan fingerprint density at radius 2 is 1.86 bits per heavy atom. The Morgan fingerprint density at radius 1 is 1.19 bits per heavy atom. The fourth-order valence-corrected chi connectivity index (χ4v) is 2.35. The SMILES string of the molecule is COc1ccc(Br)cc1/C=C(\C(=O)O)c1ccc(C)cc1. The molecular weight excluding hydrogens is 332 g/mol. The Morgan fingerprint density at radius 3 is 2.43 bits per heavy atom. The Balaban J connectivity index is 2.55. The van der Waals surface area contributed by atoms with E-state index >= 15 is 0 Å². The zero-order chi connectivity index (χ0) is 15.4. The van der Waals surface area contributed by atoms with Crippen LogP contribution in [0.2, 0.25) is 0 Å². The molecule has 2 aromatic rings. The van der Waals surface area contributed by atoms with Gasteiger partial charge in [0, 0.05) is 10.0 Å². The van der Waals surface area contributed by atoms with Crippen molar-refractivity contribution in [2.75, 3.05) is 7.11 Å². The van der Waals surface area contributed by atoms with Crippen LogP contribution in [0.1, 0.15) is 16.7 Å². The number of aryl methyl sites for hydroxylation is 1. The highest BCUT2D eigenvalue weighted by Gasteiger charge is 2.12. The molecule has 0 spiro atoms. The van der Waals surface area contributed by atoms with E-state index in [1.165, 1.54) is 0 Å². The molecule has 0 atom stereocenters. The summed E-state index contributed by atoms with van der Waals surface area (Å²) >= 11 is 3.39. The highest BCUT2D eigenvalue weighted by molar-refractivity contribution is 9.10. The number of methoxy groups -OCH3 is 1. The summed E-state index contributed by atoms with van der Waals surface area (Å²) in [5, 5.41) is 9.47. The normalized spacial score (nSPS) is 11.3. The Bertz CT molecular complexity index is 688. The summed E-state index contributed by atoms with van der Waals surface area (Å²) in [5.74, 6) is -0.343. The average molecular weight is 347 g/mol. The second-order valence-corrected chi connectivity index (χ2v) is 5.53. The number of rotatable bonds is 4. The molecule has 0 bridgehead atoms. The van der Waals surface area contributed by atoms with E-state index in [0.717, 1.165) is 10.0 Å². The number of benzene rings is 2. The van der Waals surface area contributed by atoms with Crippen molar-refractivity contribution >= 4 is 33.5 Å². The Kier molecular flexibility index (Phi) is 4.81. The van der Waals surface area contributed by atoms with Crippen LogP contribution in [0.3, 0.4) is 0 Å². The van der Waals surface area contributed by atoms with Crippen molar-refractivity contribution in [2.45, 2.75) is 6.92 Å². The first-order chi connectivity index (χ1) is 10.0. The maximum atomic E-state index is 11.6. The molecule has 1 N–H and O–H groups in total. The minimum Gasteiger partial charge on any atom is -0.496 e. The summed E-state index contributed by atoms with van der Waals surface area (Å²) in [6.45, 7) is 1.96. The highest BCUT2D eigenvalue weighted by Crippen LogP contribution is 2.28. The summed E-state index contributed by atoms with van der Waals surface area (Å²) in [4.78, 5) is 11.6. The lowest BCUT2D eigenvalue weighted by Gasteiger charge is -2.08. The standard InChI is InChI=1S/C17H15BrO3/c1-11-3-5-12(6-4-11)15(17(19)20)10-13-9-14(18)7-8-16(13)21-2/h3-10H,1-2H3,(H,19,20)/b15-10-. The lowest BCUT2D eigenvalue weighted by molar-refractivity contribution is -0.130. The molecule has 21 heavy (non-hydrogen) atoms. The van der Waals surface area contributed by atoms with E-state index < -0.39 is 5.97 Å². The van der Waals surface area contributed by atoms with Gasteiger partial charge in [-0.25, -0.2) is 4.79 Å². The maximum Gasteiger partial charge on any atom is 0.336 e. The lowest BCUT2D eigenvalue weighted by Crippen LogP contribution is -2.00. The van der Waals surface area contributed by atoms with Gasteiger partial charge in [0.1, 0.15) is 5.75 Å². The number of ether oxygens (including phenoxy) is 1. The molecule has 0 fully saturated rings. The fraction of sp³-hybridized carbons (Fsp3) is 0.118. The van der Waals surface area contributed by atoms with Gasteiger partial charge in [-0.1, -0.05) is 45.8 Å². The van der Waals surface area contributed by atoms with E-state index in [2.05, 4.69) is 15.9 Å². The molecule has 0 aliphatic carbocycles. The van der Waals surface area contributed by atoms with Crippen LogP contribution in [0, 0.1) is 6.92 Å². The van der Waals surface area contributed by atoms with Crippen molar-refractivity contribution in [3.63, 3.8) is 0 Å². The topological polar surface area (TPSA) is 46.5 Å². The monoisotopic (exact) mass is 346 g/mol. The van der Waals surface area contributed by atoms with Crippen LogP contribution in [-0.4, -0.2) is 18.2 Å². The van der Waals surface area contributed by atoms with Gasteiger partial charge in [-0.15, -0.1) is 0 Å². The van der Waals surface area contributed by atoms with Crippen molar-refractivity contribution in [2.24, 2.45) is 0 Å². The van der Waals surface area contributed by atoms with Crippen LogP contribution in [0.15, 0.2) is 46.9 Å². The molecule has 0 heterocycles. The van der Waals surface area contributed by atoms with E-state index in [0.29, 0.717) is 16.9 Å². The number of hydrogen-bond acceptors (Lipinski definition) is 2. The predicted molar refractivity (Wildman–Crippen MR) is 87.4 cm³/mol. The molecule has 0 aliphatic heterocycles. The number of carboxylic acids is 1. The fourth-order valence-electron chi connectivity index (χ4n) is 1.98. The first-order valence-electron chi connectivity index (χ1n) is 6.37. The molecule has 0 radical (unpaired) electrons. The van der Waals surface area contributed by atoms with Crippen LogP contribution in [0.4, 0.5) is 0 Å². The Hall–Kier alpha value is -2.07. The zero-order valence-electron chi connectivity index (χ0n) is 11.8. The van der Waals surface area contributed by atoms with E-state index in [1.807, 2.05) is 31.2 Å². The van der Waals surface area contributed by atoms with Gasteiger partial charge >= 0.3 is 5.97 Å². The Labute approximate surface area is 132 Å². The third-order valence-electron chi connectivity index (χ3n) is 3.08. The predicted octanol–water partition coefficient (Wildman–Crippen LogP) is 4.39. The number of halogens is 1. The van der Waals surface area contributed by atoms with E-state index in [1.54, 1.807) is 31.4 Å². The highest BCUT2D eigenvalue weighted by atomic mass is 79.9. The van der Waals surface area contributed by atoms with Crippen molar-refractivity contribution in [3.05, 3.63) is 63.6 Å². The molecule has 0 aliphatic rings. The van der Waals surface area contributed by atoms with Crippen LogP contribution in [-0.2, 0) is 4.79 Å². The average Bonchev–Trinajstić information content (AvgIpc) is 2.46. The van der Waals surface area contributed by atoms with Crippen molar-refractivity contribution in [1.82, 2.24) is 0 Å². The first-order valence-corrected chi connectivity index (χ1v) is 7.16. The van der Waals surface area contributed by atoms with Gasteiger partial charge in [-0.2, -0.15) is 0 Å². The van der Waals surface area contributed by atoms with Gasteiger partial charge in [0.2, 0.25) is 0 Å². The molecule has 108 valence electrons. The van der Waals surface area contributed by atoms with Crippen LogP contribution in [0.25, 0.3) is 11.6 Å². The number of aliphatic carboxylic acids is 1. The van der Waals surface area contributed by atoms with E-state index in [9.17, 15) is 9.90 Å². The zero-order valence-corrected chi connectivity index (χ0v) is 13.3. The minimum absolute atomic E-state index is 0.228. The second kappa shape index (κ2) is 6.59. The molecule has 0 aromatic heterocycles. The number of carboxylic acid groups (broad SMARTS) is 1. The lowest BCUT2D eigenvalue weighted by atomic mass is 10.0. The molecule has 2 rings (SSSR count). The van der Waals surface area contributed by atoms with Crippen molar-refractivity contribution in [1.29, 1.82) is 0 Å². The number of hydrogen-bond donors (Lipinski definition) is 1. The molecule has 2 aromatic carbocycles. The summed E-state index contributed by atoms with van der Waals surface area (Å²) in [5.41, 5.74) is 2.69. The van der Waals surface area contributed by atoms with Gasteiger partial charge in [-0.3, -0.25) is 0 Å². The first kappa shape index (κ1) is 15.3. The van der Waals surface area contributed by atoms with Gasteiger partial charge in [-0.05, 0) is 36.8 Å². The van der Waals surface area contributed by atoms with Crippen LogP contribution in [0.5, 0.6) is 5.75 Å². The largest absolute Gasteiger partial charge is 0.496 e. The summed E-state index contributed by atoms with van der Waals surface area (Å²) < 4.78 is 6.14. The van der Waals surface area contributed by atoms with Crippen molar-refractivity contribution < 1.29 is 14.6 Å². The third kappa shape index (κ3) is 3.73. The summed E-state index contributed by atoms with van der Waals surface area (Å²) in [7, 11) is 1.56. The summed E-state index contributed by atoms with van der Waals surface area (Å²) in [6.07, 6.45) is 1.62. The van der Waals surface area contributed by atoms with Crippen molar-refractivity contribution in [3.8, 4) is 5.75 Å². The van der Waals surface area contributed by atoms with Gasteiger partial charge in [0.25, 0.3) is 0 Å². The van der Waals surface area contributed by atoms with Crippen LogP contribution >= 0.6 is 15.9 Å². The second-order valence-electron chi connectivity index (χ2n) is 4.62. The third-order valence-corrected chi connectivity index (χ3v) is 3.58. The minimum atomic E-state index is -0.971. The summed E-state index contributed by atoms with van der Waals surface area (Å²) in [6, 6.07) is 12.9. The molecule has 0 unspecified atom stereocenters. The molecule has 0 amide bonds.